The van der Waals surface area contributed by atoms with Gasteiger partial charge in [-0.15, -0.1) is 0 Å². The van der Waals surface area contributed by atoms with Gasteiger partial charge in [-0.1, -0.05) is 19.9 Å². The van der Waals surface area contributed by atoms with Gasteiger partial charge in [0.1, 0.15) is 11.8 Å². The topological polar surface area (TPSA) is 62.7 Å². The van der Waals surface area contributed by atoms with Crippen molar-refractivity contribution >= 4 is 0 Å². The average Bonchev–Trinajstić information content (AvgIpc) is 2.16. The van der Waals surface area contributed by atoms with Crippen LogP contribution in [0.3, 0.4) is 0 Å². The number of rotatable bonds is 2. The van der Waals surface area contributed by atoms with Gasteiger partial charge in [0.25, 0.3) is 0 Å². The fourth-order valence-corrected chi connectivity index (χ4v) is 1.14. The molecule has 0 saturated heterocycles. The lowest BCUT2D eigenvalue weighted by Crippen LogP contribution is -2.18. The molecule has 13 heavy (non-hydrogen) atoms. The van der Waals surface area contributed by atoms with Gasteiger partial charge in [-0.25, -0.2) is 4.98 Å². The van der Waals surface area contributed by atoms with E-state index < -0.39 is 0 Å². The fraction of sp³-hybridized carbons (Fsp3) is 0.400. The Balaban J connectivity index is 3.07. The molecule has 0 radical (unpaired) electrons. The number of pyridine rings is 1. The number of nitrogens with zero attached hydrogens (tertiary/aromatic N) is 2. The lowest BCUT2D eigenvalue weighted by atomic mass is 9.96. The highest BCUT2D eigenvalue weighted by molar-refractivity contribution is 5.33. The smallest absolute Gasteiger partial charge is 0.145 e. The van der Waals surface area contributed by atoms with E-state index in [0.717, 1.165) is 5.56 Å². The Labute approximate surface area is 78.2 Å². The molecule has 2 N–H and O–H groups in total. The molecular formula is C10H13N3. The number of nitriles is 1. The number of nitrogens with two attached hydrogens (primary N) is 1. The molecular weight excluding hydrogens is 162 g/mol. The van der Waals surface area contributed by atoms with Crippen LogP contribution in [0.1, 0.15) is 31.1 Å². The van der Waals surface area contributed by atoms with Gasteiger partial charge in [0.15, 0.2) is 0 Å². The third-order valence-corrected chi connectivity index (χ3v) is 2.02. The molecule has 1 aromatic heterocycles. The van der Waals surface area contributed by atoms with E-state index in [9.17, 15) is 0 Å². The van der Waals surface area contributed by atoms with E-state index in [1.165, 1.54) is 0 Å². The summed E-state index contributed by atoms with van der Waals surface area (Å²) in [5, 5.41) is 8.78. The van der Waals surface area contributed by atoms with Crippen molar-refractivity contribution in [2.45, 2.75) is 19.9 Å². The second-order valence-electron chi connectivity index (χ2n) is 3.32. The molecule has 1 aromatic rings. The second-order valence-corrected chi connectivity index (χ2v) is 3.32. The molecule has 3 heteroatoms. The molecule has 0 aromatic carbocycles. The van der Waals surface area contributed by atoms with Crippen LogP contribution in [-0.4, -0.2) is 4.98 Å². The monoisotopic (exact) mass is 175 g/mol. The third-order valence-electron chi connectivity index (χ3n) is 2.02. The molecule has 3 nitrogen and oxygen atoms in total. The minimum atomic E-state index is -0.108. The first-order chi connectivity index (χ1) is 6.16. The van der Waals surface area contributed by atoms with E-state index in [2.05, 4.69) is 4.98 Å². The van der Waals surface area contributed by atoms with Gasteiger partial charge in [0, 0.05) is 17.8 Å². The molecule has 1 heterocycles. The molecule has 0 aliphatic rings. The van der Waals surface area contributed by atoms with Crippen molar-refractivity contribution in [3.63, 3.8) is 0 Å². The highest BCUT2D eigenvalue weighted by Gasteiger charge is 2.14. The van der Waals surface area contributed by atoms with Gasteiger partial charge in [0.2, 0.25) is 0 Å². The van der Waals surface area contributed by atoms with Crippen LogP contribution >= 0.6 is 0 Å². The Morgan fingerprint density at radius 3 is 2.77 bits per heavy atom. The molecule has 0 fully saturated rings. The van der Waals surface area contributed by atoms with E-state index in [1.54, 1.807) is 12.3 Å². The molecule has 1 unspecified atom stereocenters. The number of aromatic nitrogens is 1. The van der Waals surface area contributed by atoms with E-state index in [-0.39, 0.29) is 6.04 Å². The number of hydrogen-bond donors (Lipinski definition) is 1. The zero-order valence-electron chi connectivity index (χ0n) is 7.86. The maximum atomic E-state index is 8.78. The van der Waals surface area contributed by atoms with Crippen LogP contribution in [0.25, 0.3) is 0 Å². The van der Waals surface area contributed by atoms with Crippen LogP contribution in [0.2, 0.25) is 0 Å². The van der Waals surface area contributed by atoms with Crippen LogP contribution < -0.4 is 5.73 Å². The van der Waals surface area contributed by atoms with Crippen LogP contribution in [0, 0.1) is 17.2 Å². The quantitative estimate of drug-likeness (QED) is 0.742. The SMILES string of the molecule is CC(C)C(N)c1cccnc1C#N. The minimum absolute atomic E-state index is 0.108. The van der Waals surface area contributed by atoms with Gasteiger partial charge >= 0.3 is 0 Å². The standard InChI is InChI=1S/C10H13N3/c1-7(2)10(12)8-4-3-5-13-9(8)6-11/h3-5,7,10H,12H2,1-2H3. The van der Waals surface area contributed by atoms with E-state index in [0.29, 0.717) is 11.6 Å². The molecule has 0 aliphatic heterocycles. The zero-order chi connectivity index (χ0) is 9.84. The Hall–Kier alpha value is -1.40. The maximum absolute atomic E-state index is 8.78. The van der Waals surface area contributed by atoms with Gasteiger partial charge in [-0.05, 0) is 12.0 Å². The van der Waals surface area contributed by atoms with Gasteiger partial charge < -0.3 is 5.73 Å². The van der Waals surface area contributed by atoms with E-state index in [1.807, 2.05) is 26.0 Å². The highest BCUT2D eigenvalue weighted by Crippen LogP contribution is 2.20. The van der Waals surface area contributed by atoms with Gasteiger partial charge in [0.05, 0.1) is 0 Å². The highest BCUT2D eigenvalue weighted by atomic mass is 14.7. The first-order valence-corrected chi connectivity index (χ1v) is 4.27. The van der Waals surface area contributed by atoms with Crippen molar-refractivity contribution in [3.8, 4) is 6.07 Å². The first-order valence-electron chi connectivity index (χ1n) is 4.27. The van der Waals surface area contributed by atoms with Crippen LogP contribution in [0.4, 0.5) is 0 Å². The summed E-state index contributed by atoms with van der Waals surface area (Å²) in [5.74, 6) is 0.316. The molecule has 1 rings (SSSR count). The average molecular weight is 175 g/mol. The largest absolute Gasteiger partial charge is 0.324 e. The van der Waals surface area contributed by atoms with Crippen LogP contribution in [-0.2, 0) is 0 Å². The summed E-state index contributed by atoms with van der Waals surface area (Å²) in [4.78, 5) is 3.96. The lowest BCUT2D eigenvalue weighted by Gasteiger charge is -2.16. The molecule has 68 valence electrons. The van der Waals surface area contributed by atoms with Crippen LogP contribution in [0.5, 0.6) is 0 Å². The van der Waals surface area contributed by atoms with Gasteiger partial charge in [-0.2, -0.15) is 5.26 Å². The Morgan fingerprint density at radius 2 is 2.23 bits per heavy atom. The first kappa shape index (κ1) is 9.69. The van der Waals surface area contributed by atoms with Crippen molar-refractivity contribution in [2.75, 3.05) is 0 Å². The van der Waals surface area contributed by atoms with Gasteiger partial charge in [-0.3, -0.25) is 0 Å². The second kappa shape index (κ2) is 4.01. The van der Waals surface area contributed by atoms with E-state index in [4.69, 9.17) is 11.0 Å². The summed E-state index contributed by atoms with van der Waals surface area (Å²) in [5.41, 5.74) is 7.19. The summed E-state index contributed by atoms with van der Waals surface area (Å²) in [6, 6.07) is 5.59. The van der Waals surface area contributed by atoms with Crippen molar-refractivity contribution in [3.05, 3.63) is 29.6 Å². The molecule has 0 spiro atoms. The minimum Gasteiger partial charge on any atom is -0.324 e. The van der Waals surface area contributed by atoms with E-state index >= 15 is 0 Å². The summed E-state index contributed by atoms with van der Waals surface area (Å²) >= 11 is 0. The zero-order valence-corrected chi connectivity index (χ0v) is 7.86. The maximum Gasteiger partial charge on any atom is 0.145 e. The van der Waals surface area contributed by atoms with Crippen molar-refractivity contribution < 1.29 is 0 Å². The lowest BCUT2D eigenvalue weighted by molar-refractivity contribution is 0.512. The van der Waals surface area contributed by atoms with Crippen molar-refractivity contribution in [1.82, 2.24) is 4.98 Å². The summed E-state index contributed by atoms with van der Waals surface area (Å²) in [7, 11) is 0. The van der Waals surface area contributed by atoms with Crippen LogP contribution in [0.15, 0.2) is 18.3 Å². The van der Waals surface area contributed by atoms with Crippen molar-refractivity contribution in [1.29, 1.82) is 5.26 Å². The molecule has 0 aliphatic carbocycles. The molecule has 0 bridgehead atoms. The molecule has 0 amide bonds. The third kappa shape index (κ3) is 2.04. The summed E-state index contributed by atoms with van der Waals surface area (Å²) < 4.78 is 0. The Morgan fingerprint density at radius 1 is 1.54 bits per heavy atom. The predicted octanol–water partition coefficient (Wildman–Crippen LogP) is 1.61. The Bertz CT molecular complexity index is 325. The molecule has 1 atom stereocenters. The summed E-state index contributed by atoms with van der Waals surface area (Å²) in [6.07, 6.45) is 1.61. The molecule has 0 saturated carbocycles. The fourth-order valence-electron chi connectivity index (χ4n) is 1.14. The van der Waals surface area contributed by atoms with Crippen molar-refractivity contribution in [2.24, 2.45) is 11.7 Å². The number of hydrogen-bond acceptors (Lipinski definition) is 3. The summed E-state index contributed by atoms with van der Waals surface area (Å²) in [6.45, 7) is 4.05. The normalized spacial score (nSPS) is 12.5. The predicted molar refractivity (Wildman–Crippen MR) is 50.7 cm³/mol. The Kier molecular flexibility index (Phi) is 2.99.